The smallest absolute Gasteiger partial charge is 0.250 e. The second-order valence-corrected chi connectivity index (χ2v) is 11.5. The molecule has 0 radical (unpaired) electrons. The third-order valence-corrected chi connectivity index (χ3v) is 8.07. The SMILES string of the molecule is COC(C)(C)O[C@@H]1[C@H](C)[C@@H](CN2CCC(F)(F)C[C@H]2CN(C)C)O[C@H]1c1ccc2c(SC)ncnn12. The third kappa shape index (κ3) is 5.86. The Labute approximate surface area is 216 Å². The molecule has 0 N–H and O–H groups in total. The number of likely N-dealkylation sites (N-methyl/N-ethyl adjacent to an activating group) is 1. The Morgan fingerprint density at radius 2 is 2.06 bits per heavy atom. The summed E-state index contributed by atoms with van der Waals surface area (Å²) >= 11 is 1.56. The summed E-state index contributed by atoms with van der Waals surface area (Å²) in [6.45, 7) is 7.36. The van der Waals surface area contributed by atoms with Crippen LogP contribution in [0.3, 0.4) is 0 Å². The van der Waals surface area contributed by atoms with Crippen LogP contribution < -0.4 is 0 Å². The molecule has 202 valence electrons. The van der Waals surface area contributed by atoms with Crippen LogP contribution in [0.5, 0.6) is 0 Å². The minimum Gasteiger partial charge on any atom is -0.364 e. The molecule has 0 aliphatic carbocycles. The van der Waals surface area contributed by atoms with Crippen LogP contribution in [0.4, 0.5) is 8.78 Å². The van der Waals surface area contributed by atoms with Crippen molar-refractivity contribution in [3.8, 4) is 0 Å². The van der Waals surface area contributed by atoms with Crippen LogP contribution in [-0.2, 0) is 14.2 Å². The van der Waals surface area contributed by atoms with E-state index in [-0.39, 0.29) is 37.0 Å². The minimum atomic E-state index is -2.63. The van der Waals surface area contributed by atoms with Gasteiger partial charge in [0.25, 0.3) is 5.92 Å². The van der Waals surface area contributed by atoms with Gasteiger partial charge < -0.3 is 19.1 Å². The highest BCUT2D eigenvalue weighted by Crippen LogP contribution is 2.43. The van der Waals surface area contributed by atoms with E-state index in [4.69, 9.17) is 14.2 Å². The van der Waals surface area contributed by atoms with E-state index in [0.717, 1.165) is 16.2 Å². The maximum absolute atomic E-state index is 14.3. The highest BCUT2D eigenvalue weighted by atomic mass is 32.2. The average molecular weight is 528 g/mol. The molecule has 2 saturated heterocycles. The minimum absolute atomic E-state index is 0.000671. The van der Waals surface area contributed by atoms with E-state index >= 15 is 0 Å². The molecular weight excluding hydrogens is 488 g/mol. The Kier molecular flexibility index (Phi) is 8.28. The first kappa shape index (κ1) is 27.7. The predicted octanol–water partition coefficient (Wildman–Crippen LogP) is 3.96. The average Bonchev–Trinajstić information content (AvgIpc) is 3.36. The zero-order valence-corrected chi connectivity index (χ0v) is 23.1. The molecule has 0 saturated carbocycles. The highest BCUT2D eigenvalue weighted by Gasteiger charge is 2.49. The lowest BCUT2D eigenvalue weighted by Gasteiger charge is -2.42. The maximum atomic E-state index is 14.3. The molecule has 0 unspecified atom stereocenters. The Morgan fingerprint density at radius 1 is 1.31 bits per heavy atom. The van der Waals surface area contributed by atoms with Crippen molar-refractivity contribution < 1.29 is 23.0 Å². The van der Waals surface area contributed by atoms with E-state index in [1.807, 2.05) is 55.7 Å². The van der Waals surface area contributed by atoms with Crippen LogP contribution in [0.25, 0.3) is 5.52 Å². The van der Waals surface area contributed by atoms with Crippen molar-refractivity contribution in [2.24, 2.45) is 5.92 Å². The van der Waals surface area contributed by atoms with Crippen LogP contribution in [0, 0.1) is 5.92 Å². The number of nitrogens with zero attached hydrogens (tertiary/aromatic N) is 5. The molecule has 0 spiro atoms. The molecule has 0 bridgehead atoms. The van der Waals surface area contributed by atoms with E-state index in [9.17, 15) is 8.78 Å². The molecule has 2 aliphatic rings. The van der Waals surface area contributed by atoms with Gasteiger partial charge in [-0.15, -0.1) is 11.8 Å². The maximum Gasteiger partial charge on any atom is 0.250 e. The lowest BCUT2D eigenvalue weighted by Crippen LogP contribution is -2.53. The van der Waals surface area contributed by atoms with Crippen molar-refractivity contribution in [2.45, 2.75) is 74.7 Å². The Hall–Kier alpha value is -1.37. The molecule has 2 fully saturated rings. The van der Waals surface area contributed by atoms with Crippen molar-refractivity contribution >= 4 is 17.3 Å². The number of piperidine rings is 1. The molecule has 0 amide bonds. The van der Waals surface area contributed by atoms with Gasteiger partial charge in [-0.3, -0.25) is 4.90 Å². The summed E-state index contributed by atoms with van der Waals surface area (Å²) in [7, 11) is 5.47. The lowest BCUT2D eigenvalue weighted by molar-refractivity contribution is -0.237. The first-order chi connectivity index (χ1) is 16.9. The fourth-order valence-electron chi connectivity index (χ4n) is 5.31. The zero-order valence-electron chi connectivity index (χ0n) is 22.3. The van der Waals surface area contributed by atoms with E-state index < -0.39 is 17.8 Å². The summed E-state index contributed by atoms with van der Waals surface area (Å²) in [5, 5.41) is 5.38. The number of hydrogen-bond donors (Lipinski definition) is 0. The summed E-state index contributed by atoms with van der Waals surface area (Å²) in [6, 6.07) is 3.77. The number of ether oxygens (including phenoxy) is 3. The molecular formula is C25H39F2N5O3S. The van der Waals surface area contributed by atoms with Gasteiger partial charge in [-0.25, -0.2) is 18.3 Å². The van der Waals surface area contributed by atoms with Gasteiger partial charge in [0.05, 0.1) is 23.4 Å². The number of hydrogen-bond acceptors (Lipinski definition) is 8. The first-order valence-corrected chi connectivity index (χ1v) is 13.7. The topological polar surface area (TPSA) is 64.4 Å². The summed E-state index contributed by atoms with van der Waals surface area (Å²) < 4.78 is 49.2. The number of thioether (sulfide) groups is 1. The summed E-state index contributed by atoms with van der Waals surface area (Å²) in [6.07, 6.45) is 2.36. The number of methoxy groups -OCH3 is 1. The number of aromatic nitrogens is 3. The molecule has 2 aromatic heterocycles. The van der Waals surface area contributed by atoms with Crippen molar-refractivity contribution in [3.05, 3.63) is 24.2 Å². The molecule has 0 aromatic carbocycles. The second kappa shape index (κ2) is 10.8. The van der Waals surface area contributed by atoms with Gasteiger partial charge in [0.1, 0.15) is 17.5 Å². The number of rotatable bonds is 9. The predicted molar refractivity (Wildman–Crippen MR) is 136 cm³/mol. The fraction of sp³-hybridized carbons (Fsp3) is 0.760. The summed E-state index contributed by atoms with van der Waals surface area (Å²) in [5.74, 6) is -3.45. The molecule has 4 rings (SSSR count). The number of halogens is 2. The van der Waals surface area contributed by atoms with Crippen molar-refractivity contribution in [2.75, 3.05) is 47.1 Å². The zero-order chi connectivity index (χ0) is 26.3. The van der Waals surface area contributed by atoms with Crippen molar-refractivity contribution in [1.82, 2.24) is 24.4 Å². The van der Waals surface area contributed by atoms with Gasteiger partial charge in [0.15, 0.2) is 5.79 Å². The largest absolute Gasteiger partial charge is 0.364 e. The Morgan fingerprint density at radius 3 is 2.72 bits per heavy atom. The molecule has 2 aliphatic heterocycles. The first-order valence-electron chi connectivity index (χ1n) is 12.5. The van der Waals surface area contributed by atoms with Gasteiger partial charge in [0, 0.05) is 51.5 Å². The Bertz CT molecular complexity index is 1040. The number of fused-ring (bicyclic) bond motifs is 1. The van der Waals surface area contributed by atoms with E-state index in [0.29, 0.717) is 19.6 Å². The van der Waals surface area contributed by atoms with E-state index in [2.05, 4.69) is 21.9 Å². The molecule has 36 heavy (non-hydrogen) atoms. The standard InChI is InChI=1S/C25H39F2N5O3S/c1-16-20(14-31-11-10-25(26,27)12-17(31)13-30(4)5)34-22(21(16)35-24(2,3)33-6)18-8-9-19-23(36-7)28-15-29-32(18)19/h8-9,15-17,20-22H,10-14H2,1-7H3/t16-,17+,20-,21-,22+/m1/s1. The van der Waals surface area contributed by atoms with Gasteiger partial charge in [-0.05, 0) is 46.3 Å². The molecule has 8 nitrogen and oxygen atoms in total. The van der Waals surface area contributed by atoms with Gasteiger partial charge >= 0.3 is 0 Å². The highest BCUT2D eigenvalue weighted by molar-refractivity contribution is 7.98. The van der Waals surface area contributed by atoms with Crippen molar-refractivity contribution in [1.29, 1.82) is 0 Å². The molecule has 5 atom stereocenters. The van der Waals surface area contributed by atoms with Crippen molar-refractivity contribution in [3.63, 3.8) is 0 Å². The van der Waals surface area contributed by atoms with E-state index in [1.165, 1.54) is 0 Å². The third-order valence-electron chi connectivity index (χ3n) is 7.37. The van der Waals surface area contributed by atoms with E-state index in [1.54, 1.807) is 25.2 Å². The van der Waals surface area contributed by atoms with Crippen LogP contribution in [0.15, 0.2) is 23.5 Å². The van der Waals surface area contributed by atoms with Crippen LogP contribution >= 0.6 is 11.8 Å². The number of alkyl halides is 2. The van der Waals surface area contributed by atoms with Gasteiger partial charge in [0.2, 0.25) is 0 Å². The monoisotopic (exact) mass is 527 g/mol. The van der Waals surface area contributed by atoms with Gasteiger partial charge in [-0.1, -0.05) is 6.92 Å². The quantitative estimate of drug-likeness (QED) is 0.359. The summed E-state index contributed by atoms with van der Waals surface area (Å²) in [4.78, 5) is 8.52. The van der Waals surface area contributed by atoms with Crippen LogP contribution in [0.1, 0.15) is 45.4 Å². The molecule has 2 aromatic rings. The normalized spacial score (nSPS) is 29.4. The molecule has 4 heterocycles. The van der Waals surface area contributed by atoms with Crippen LogP contribution in [0.2, 0.25) is 0 Å². The Balaban J connectivity index is 1.63. The second-order valence-electron chi connectivity index (χ2n) is 10.7. The van der Waals surface area contributed by atoms with Crippen LogP contribution in [-0.4, -0.2) is 101 Å². The lowest BCUT2D eigenvalue weighted by atomic mass is 9.93. The van der Waals surface area contributed by atoms with Gasteiger partial charge in [-0.2, -0.15) is 5.10 Å². The number of likely N-dealkylation sites (tertiary alicyclic amines) is 1. The molecule has 11 heteroatoms. The fourth-order valence-corrected chi connectivity index (χ4v) is 5.83. The summed E-state index contributed by atoms with van der Waals surface area (Å²) in [5.41, 5.74) is 1.79.